The molecule has 2 aromatic rings. The highest BCUT2D eigenvalue weighted by Crippen LogP contribution is 2.36. The standard InChI is InChI=1S/C16H13NO5/c1-21-12-5-2-10(3-6-12)16-9-14(18)13-8-11(17(19)20)4-7-15(13)22-16/h2-8,16H,9H2,1H3. The van der Waals surface area contributed by atoms with E-state index >= 15 is 0 Å². The number of hydrogen-bond donors (Lipinski definition) is 0. The van der Waals surface area contributed by atoms with Gasteiger partial charge in [0.2, 0.25) is 0 Å². The average molecular weight is 299 g/mol. The summed E-state index contributed by atoms with van der Waals surface area (Å²) in [6.45, 7) is 0. The van der Waals surface area contributed by atoms with Crippen LogP contribution in [0.15, 0.2) is 42.5 Å². The zero-order chi connectivity index (χ0) is 15.7. The molecule has 2 aromatic carbocycles. The van der Waals surface area contributed by atoms with Crippen molar-refractivity contribution in [2.45, 2.75) is 12.5 Å². The third kappa shape index (κ3) is 2.50. The number of rotatable bonds is 3. The van der Waals surface area contributed by atoms with Crippen LogP contribution in [0.4, 0.5) is 5.69 Å². The number of hydrogen-bond acceptors (Lipinski definition) is 5. The molecule has 1 aliphatic rings. The lowest BCUT2D eigenvalue weighted by atomic mass is 9.96. The maximum atomic E-state index is 12.2. The van der Waals surface area contributed by atoms with Crippen molar-refractivity contribution in [3.63, 3.8) is 0 Å². The normalized spacial score (nSPS) is 16.6. The summed E-state index contributed by atoms with van der Waals surface area (Å²) >= 11 is 0. The van der Waals surface area contributed by atoms with Crippen molar-refractivity contribution in [1.82, 2.24) is 0 Å². The van der Waals surface area contributed by atoms with Gasteiger partial charge in [-0.05, 0) is 23.8 Å². The molecule has 0 bridgehead atoms. The molecule has 0 saturated carbocycles. The average Bonchev–Trinajstić information content (AvgIpc) is 2.54. The number of non-ortho nitro benzene ring substituents is 1. The first-order chi connectivity index (χ1) is 10.6. The zero-order valence-corrected chi connectivity index (χ0v) is 11.8. The molecule has 112 valence electrons. The zero-order valence-electron chi connectivity index (χ0n) is 11.8. The summed E-state index contributed by atoms with van der Waals surface area (Å²) in [5, 5.41) is 10.8. The Bertz CT molecular complexity index is 739. The smallest absolute Gasteiger partial charge is 0.270 e. The predicted octanol–water partition coefficient (Wildman–Crippen LogP) is 3.31. The van der Waals surface area contributed by atoms with E-state index in [1.807, 2.05) is 12.1 Å². The molecule has 1 aliphatic heterocycles. The predicted molar refractivity (Wildman–Crippen MR) is 78.4 cm³/mol. The van der Waals surface area contributed by atoms with Crippen LogP contribution in [0.2, 0.25) is 0 Å². The lowest BCUT2D eigenvalue weighted by Gasteiger charge is -2.25. The SMILES string of the molecule is COc1ccc(C2CC(=O)c3cc([N+](=O)[O-])ccc3O2)cc1. The van der Waals surface area contributed by atoms with E-state index in [-0.39, 0.29) is 23.5 Å². The number of fused-ring (bicyclic) bond motifs is 1. The molecule has 3 rings (SSSR count). The third-order valence-electron chi connectivity index (χ3n) is 3.60. The van der Waals surface area contributed by atoms with Crippen LogP contribution in [0.5, 0.6) is 11.5 Å². The van der Waals surface area contributed by atoms with Crippen molar-refractivity contribution in [1.29, 1.82) is 0 Å². The second-order valence-corrected chi connectivity index (χ2v) is 4.94. The van der Waals surface area contributed by atoms with Gasteiger partial charge in [-0.1, -0.05) is 12.1 Å². The summed E-state index contributed by atoms with van der Waals surface area (Å²) in [6.07, 6.45) is -0.243. The minimum atomic E-state index is -0.525. The van der Waals surface area contributed by atoms with Crippen LogP contribution in [-0.2, 0) is 0 Å². The molecule has 0 fully saturated rings. The minimum Gasteiger partial charge on any atom is -0.497 e. The Balaban J connectivity index is 1.90. The first-order valence-corrected chi connectivity index (χ1v) is 6.70. The molecule has 6 heteroatoms. The maximum absolute atomic E-state index is 12.2. The summed E-state index contributed by atoms with van der Waals surface area (Å²) < 4.78 is 10.9. The van der Waals surface area contributed by atoms with Crippen LogP contribution in [0.3, 0.4) is 0 Å². The first-order valence-electron chi connectivity index (χ1n) is 6.70. The highest BCUT2D eigenvalue weighted by molar-refractivity contribution is 6.00. The number of nitro benzene ring substituents is 1. The van der Waals surface area contributed by atoms with Gasteiger partial charge in [0.1, 0.15) is 17.6 Å². The van der Waals surface area contributed by atoms with E-state index in [9.17, 15) is 14.9 Å². The Morgan fingerprint density at radius 1 is 1.23 bits per heavy atom. The fourth-order valence-corrected chi connectivity index (χ4v) is 2.43. The number of nitrogens with zero attached hydrogens (tertiary/aromatic N) is 1. The van der Waals surface area contributed by atoms with E-state index in [2.05, 4.69) is 0 Å². The van der Waals surface area contributed by atoms with E-state index in [1.165, 1.54) is 18.2 Å². The fourth-order valence-electron chi connectivity index (χ4n) is 2.43. The second kappa shape index (κ2) is 5.48. The van der Waals surface area contributed by atoms with Gasteiger partial charge >= 0.3 is 0 Å². The van der Waals surface area contributed by atoms with Crippen molar-refractivity contribution < 1.29 is 19.2 Å². The molecule has 0 saturated heterocycles. The van der Waals surface area contributed by atoms with Crippen molar-refractivity contribution in [2.75, 3.05) is 7.11 Å². The second-order valence-electron chi connectivity index (χ2n) is 4.94. The largest absolute Gasteiger partial charge is 0.497 e. The Hall–Kier alpha value is -2.89. The van der Waals surface area contributed by atoms with Crippen molar-refractivity contribution in [2.24, 2.45) is 0 Å². The molecular weight excluding hydrogens is 286 g/mol. The van der Waals surface area contributed by atoms with Gasteiger partial charge in [-0.3, -0.25) is 14.9 Å². The molecule has 6 nitrogen and oxygen atoms in total. The molecular formula is C16H13NO5. The first kappa shape index (κ1) is 14.1. The van der Waals surface area contributed by atoms with E-state index < -0.39 is 11.0 Å². The van der Waals surface area contributed by atoms with Crippen LogP contribution < -0.4 is 9.47 Å². The molecule has 0 aromatic heterocycles. The molecule has 22 heavy (non-hydrogen) atoms. The summed E-state index contributed by atoms with van der Waals surface area (Å²) in [4.78, 5) is 22.5. The lowest BCUT2D eigenvalue weighted by molar-refractivity contribution is -0.384. The van der Waals surface area contributed by atoms with E-state index in [0.717, 1.165) is 11.3 Å². The number of methoxy groups -OCH3 is 1. The summed E-state index contributed by atoms with van der Waals surface area (Å²) in [5.41, 5.74) is 1.01. The minimum absolute atomic E-state index is 0.112. The third-order valence-corrected chi connectivity index (χ3v) is 3.60. The summed E-state index contributed by atoms with van der Waals surface area (Å²) in [5.74, 6) is 0.940. The van der Waals surface area contributed by atoms with Gasteiger partial charge in [0, 0.05) is 12.1 Å². The lowest BCUT2D eigenvalue weighted by Crippen LogP contribution is -2.20. The highest BCUT2D eigenvalue weighted by atomic mass is 16.6. The molecule has 1 atom stereocenters. The van der Waals surface area contributed by atoms with Crippen molar-refractivity contribution in [3.05, 3.63) is 63.7 Å². The monoisotopic (exact) mass is 299 g/mol. The topological polar surface area (TPSA) is 78.7 Å². The summed E-state index contributed by atoms with van der Waals surface area (Å²) in [7, 11) is 1.58. The Morgan fingerprint density at radius 2 is 1.95 bits per heavy atom. The molecule has 0 aliphatic carbocycles. The molecule has 1 heterocycles. The Kier molecular flexibility index (Phi) is 3.50. The number of benzene rings is 2. The quantitative estimate of drug-likeness (QED) is 0.641. The number of nitro groups is 1. The van der Waals surface area contributed by atoms with Crippen LogP contribution in [0.25, 0.3) is 0 Å². The molecule has 0 amide bonds. The number of ether oxygens (including phenoxy) is 2. The van der Waals surface area contributed by atoms with Gasteiger partial charge in [-0.2, -0.15) is 0 Å². The number of ketones is 1. The van der Waals surface area contributed by atoms with Crippen LogP contribution in [-0.4, -0.2) is 17.8 Å². The Labute approximate surface area is 126 Å². The van der Waals surface area contributed by atoms with Gasteiger partial charge in [0.05, 0.1) is 24.0 Å². The van der Waals surface area contributed by atoms with Crippen LogP contribution in [0, 0.1) is 10.1 Å². The molecule has 0 N–H and O–H groups in total. The van der Waals surface area contributed by atoms with Crippen molar-refractivity contribution in [3.8, 4) is 11.5 Å². The van der Waals surface area contributed by atoms with Gasteiger partial charge < -0.3 is 9.47 Å². The highest BCUT2D eigenvalue weighted by Gasteiger charge is 2.29. The van der Waals surface area contributed by atoms with E-state index in [4.69, 9.17) is 9.47 Å². The van der Waals surface area contributed by atoms with Crippen LogP contribution in [0.1, 0.15) is 28.4 Å². The van der Waals surface area contributed by atoms with Crippen LogP contribution >= 0.6 is 0 Å². The maximum Gasteiger partial charge on any atom is 0.270 e. The van der Waals surface area contributed by atoms with Gasteiger partial charge in [-0.25, -0.2) is 0 Å². The number of carbonyl (C=O) groups is 1. The molecule has 0 spiro atoms. The number of carbonyl (C=O) groups excluding carboxylic acids is 1. The Morgan fingerprint density at radius 3 is 2.59 bits per heavy atom. The van der Waals surface area contributed by atoms with E-state index in [1.54, 1.807) is 19.2 Å². The molecule has 0 radical (unpaired) electrons. The van der Waals surface area contributed by atoms with Crippen molar-refractivity contribution >= 4 is 11.5 Å². The fraction of sp³-hybridized carbons (Fsp3) is 0.188. The van der Waals surface area contributed by atoms with Gasteiger partial charge in [0.25, 0.3) is 5.69 Å². The van der Waals surface area contributed by atoms with Gasteiger partial charge in [0.15, 0.2) is 5.78 Å². The molecule has 1 unspecified atom stereocenters. The summed E-state index contributed by atoms with van der Waals surface area (Å²) in [6, 6.07) is 11.4. The number of Topliss-reactive ketones (excluding diaryl/α,β-unsaturated/α-hetero) is 1. The van der Waals surface area contributed by atoms with Gasteiger partial charge in [-0.15, -0.1) is 0 Å². The van der Waals surface area contributed by atoms with E-state index in [0.29, 0.717) is 5.75 Å².